The Hall–Kier alpha value is -9.76. The summed E-state index contributed by atoms with van der Waals surface area (Å²) in [6, 6.07) is 68.3. The van der Waals surface area contributed by atoms with Crippen LogP contribution in [0.4, 0.5) is 21.0 Å². The van der Waals surface area contributed by atoms with E-state index in [0.29, 0.717) is 66.4 Å². The zero-order valence-corrected chi connectivity index (χ0v) is 40.6. The molecular weight excluding hydrogens is 972 g/mol. The van der Waals surface area contributed by atoms with Crippen LogP contribution in [0.25, 0.3) is 33.9 Å². The summed E-state index contributed by atoms with van der Waals surface area (Å²) in [6.45, 7) is 0. The van der Waals surface area contributed by atoms with Crippen LogP contribution in [0.5, 0.6) is 0 Å². The predicted molar refractivity (Wildman–Crippen MR) is 295 cm³/mol. The lowest BCUT2D eigenvalue weighted by Gasteiger charge is -2.09. The van der Waals surface area contributed by atoms with E-state index in [1.165, 1.54) is 9.36 Å². The number of benzene rings is 8. The second-order valence-corrected chi connectivity index (χ2v) is 17.1. The summed E-state index contributed by atoms with van der Waals surface area (Å²) >= 11 is 12.3. The molecule has 2 heterocycles. The number of aromatic amines is 2. The Morgan fingerprint density at radius 2 is 0.689 bits per heavy atom. The van der Waals surface area contributed by atoms with Gasteiger partial charge in [0.2, 0.25) is 0 Å². The number of urea groups is 2. The van der Waals surface area contributed by atoms with Crippen molar-refractivity contribution in [2.24, 2.45) is 10.2 Å². The average molecular weight is 1020 g/mol. The number of para-hydroxylation sites is 4. The van der Waals surface area contributed by atoms with Crippen LogP contribution in [0.2, 0.25) is 10.0 Å². The molecule has 0 bridgehead atoms. The highest BCUT2D eigenvalue weighted by Gasteiger charge is 2.25. The number of amides is 4. The zero-order valence-electron chi connectivity index (χ0n) is 39.1. The third-order valence-electron chi connectivity index (χ3n) is 11.2. The molecule has 0 fully saturated rings. The molecule has 6 N–H and O–H groups in total. The van der Waals surface area contributed by atoms with E-state index in [4.69, 9.17) is 23.2 Å². The van der Waals surface area contributed by atoms with Crippen LogP contribution in [0.1, 0.15) is 22.3 Å². The second kappa shape index (κ2) is 23.4. The van der Waals surface area contributed by atoms with Crippen molar-refractivity contribution in [3.8, 4) is 33.9 Å². The van der Waals surface area contributed by atoms with E-state index in [0.717, 1.165) is 11.1 Å². The summed E-state index contributed by atoms with van der Waals surface area (Å²) in [6.07, 6.45) is 0. The average Bonchev–Trinajstić information content (AvgIpc) is 3.98. The number of rotatable bonds is 12. The lowest BCUT2D eigenvalue weighted by molar-refractivity contribution is 0.251. The van der Waals surface area contributed by atoms with Gasteiger partial charge in [0.05, 0.1) is 33.9 Å². The van der Waals surface area contributed by atoms with Crippen molar-refractivity contribution in [2.75, 3.05) is 10.6 Å². The number of anilines is 2. The van der Waals surface area contributed by atoms with Gasteiger partial charge < -0.3 is 10.6 Å². The summed E-state index contributed by atoms with van der Waals surface area (Å²) in [4.78, 5) is 53.1. The summed E-state index contributed by atoms with van der Waals surface area (Å²) in [7, 11) is 0. The fourth-order valence-electron chi connectivity index (χ4n) is 7.78. The van der Waals surface area contributed by atoms with Crippen LogP contribution in [0.15, 0.2) is 250 Å². The van der Waals surface area contributed by atoms with E-state index in [1.54, 1.807) is 72.8 Å². The molecule has 0 saturated carbocycles. The second-order valence-electron chi connectivity index (χ2n) is 16.2. The van der Waals surface area contributed by atoms with Crippen molar-refractivity contribution in [1.29, 1.82) is 0 Å². The lowest BCUT2D eigenvalue weighted by Crippen LogP contribution is -2.28. The molecule has 16 heteroatoms. The molecule has 0 radical (unpaired) electrons. The summed E-state index contributed by atoms with van der Waals surface area (Å²) in [5, 5.41) is 21.9. The SMILES string of the molecule is O=C(N/N=C(/c1ccc(Cl)cc1)c1c(-c2ccccc2)[nH]n(-c2ccccc2)c1=O)Nc1ccccc1.O=C(N/N=C(/c1ccc(Cl)cc1)c1c(-c2ccccc2)[nH]n(-c2ccccc2)c1=O)Nc1ccccc1. The first-order valence-electron chi connectivity index (χ1n) is 23.0. The summed E-state index contributed by atoms with van der Waals surface area (Å²) < 4.78 is 2.93. The van der Waals surface area contributed by atoms with Crippen LogP contribution < -0.4 is 32.6 Å². The van der Waals surface area contributed by atoms with E-state index in [-0.39, 0.29) is 22.5 Å². The third kappa shape index (κ3) is 11.9. The molecule has 0 aliphatic heterocycles. The molecule has 10 rings (SSSR count). The van der Waals surface area contributed by atoms with Crippen molar-refractivity contribution in [1.82, 2.24) is 30.4 Å². The first kappa shape index (κ1) is 49.2. The third-order valence-corrected chi connectivity index (χ3v) is 11.7. The fourth-order valence-corrected chi connectivity index (χ4v) is 8.03. The molecule has 0 atom stereocenters. The molecule has 10 aromatic rings. The molecule has 4 amide bonds. The van der Waals surface area contributed by atoms with Crippen LogP contribution in [0.3, 0.4) is 0 Å². The number of carbonyl (C=O) groups is 2. The number of hydrogen-bond acceptors (Lipinski definition) is 6. The largest absolute Gasteiger partial charge is 0.339 e. The number of hydrazone groups is 2. The maximum Gasteiger partial charge on any atom is 0.339 e. The van der Waals surface area contributed by atoms with Crippen molar-refractivity contribution in [3.63, 3.8) is 0 Å². The van der Waals surface area contributed by atoms with Gasteiger partial charge in [-0.05, 0) is 72.8 Å². The maximum absolute atomic E-state index is 13.9. The van der Waals surface area contributed by atoms with Crippen molar-refractivity contribution < 1.29 is 9.59 Å². The van der Waals surface area contributed by atoms with Crippen LogP contribution in [0, 0.1) is 0 Å². The Labute approximate surface area is 434 Å². The Balaban J connectivity index is 0.000000182. The number of halogens is 2. The minimum Gasteiger partial charge on any atom is -0.307 e. The minimum atomic E-state index is -0.544. The fraction of sp³-hybridized carbons (Fsp3) is 0. The molecule has 0 aliphatic carbocycles. The first-order valence-corrected chi connectivity index (χ1v) is 23.8. The predicted octanol–water partition coefficient (Wildman–Crippen LogP) is 12.1. The molecule has 2 aromatic heterocycles. The highest BCUT2D eigenvalue weighted by atomic mass is 35.5. The molecule has 0 aliphatic rings. The molecule has 0 saturated heterocycles. The molecule has 14 nitrogen and oxygen atoms in total. The van der Waals surface area contributed by atoms with Crippen LogP contribution in [-0.2, 0) is 0 Å². The van der Waals surface area contributed by atoms with E-state index in [2.05, 4.69) is 41.9 Å². The van der Waals surface area contributed by atoms with Crippen molar-refractivity contribution in [3.05, 3.63) is 284 Å². The normalized spacial score (nSPS) is 11.2. The van der Waals surface area contributed by atoms with Crippen molar-refractivity contribution >= 4 is 58.1 Å². The van der Waals surface area contributed by atoms with Gasteiger partial charge in [-0.2, -0.15) is 10.2 Å². The Kier molecular flexibility index (Phi) is 15.6. The Bertz CT molecular complexity index is 3430. The standard InChI is InChI=1S/2C29H22ClN5O2/c2*30-22-18-16-21(17-19-22)26(32-33-29(37)31-23-12-6-2-7-13-23)25-27(20-10-4-1-5-11-20)34-35(28(25)36)24-14-8-3-9-15-24/h2*1-19,34H,(H2,31,33,37)/b2*32-26-. The van der Waals surface area contributed by atoms with Gasteiger partial charge in [-0.3, -0.25) is 19.8 Å². The molecule has 74 heavy (non-hydrogen) atoms. The van der Waals surface area contributed by atoms with Crippen LogP contribution >= 0.6 is 23.2 Å². The quantitative estimate of drug-likeness (QED) is 0.0526. The topological polar surface area (TPSA) is 183 Å². The zero-order chi connectivity index (χ0) is 51.2. The number of nitrogens with one attached hydrogen (secondary N) is 6. The first-order chi connectivity index (χ1) is 36.2. The van der Waals surface area contributed by atoms with Gasteiger partial charge in [0, 0.05) is 43.7 Å². The lowest BCUT2D eigenvalue weighted by atomic mass is 9.99. The van der Waals surface area contributed by atoms with E-state index in [1.807, 2.05) is 158 Å². The molecule has 0 unspecified atom stereocenters. The van der Waals surface area contributed by atoms with E-state index >= 15 is 0 Å². The monoisotopic (exact) mass is 1010 g/mol. The number of carbonyl (C=O) groups excluding carboxylic acids is 2. The minimum absolute atomic E-state index is 0.287. The molecule has 8 aromatic carbocycles. The van der Waals surface area contributed by atoms with Gasteiger partial charge in [-0.15, -0.1) is 0 Å². The van der Waals surface area contributed by atoms with Gasteiger partial charge >= 0.3 is 12.1 Å². The van der Waals surface area contributed by atoms with Gasteiger partial charge in [0.15, 0.2) is 0 Å². The summed E-state index contributed by atoms with van der Waals surface area (Å²) in [5.41, 5.74) is 12.1. The van der Waals surface area contributed by atoms with Gasteiger partial charge in [-0.1, -0.05) is 181 Å². The van der Waals surface area contributed by atoms with Gasteiger partial charge in [-0.25, -0.2) is 29.8 Å². The molecular formula is C58H44Cl2N10O4. The molecule has 0 spiro atoms. The van der Waals surface area contributed by atoms with Gasteiger partial charge in [0.1, 0.15) is 11.4 Å². The van der Waals surface area contributed by atoms with Crippen molar-refractivity contribution in [2.45, 2.75) is 0 Å². The van der Waals surface area contributed by atoms with Gasteiger partial charge in [0.25, 0.3) is 11.1 Å². The summed E-state index contributed by atoms with van der Waals surface area (Å²) in [5.74, 6) is 0. The Morgan fingerprint density at radius 1 is 0.392 bits per heavy atom. The Morgan fingerprint density at radius 3 is 1.01 bits per heavy atom. The highest BCUT2D eigenvalue weighted by Crippen LogP contribution is 2.26. The molecule has 364 valence electrons. The van der Waals surface area contributed by atoms with E-state index < -0.39 is 12.1 Å². The smallest absolute Gasteiger partial charge is 0.307 e. The maximum atomic E-state index is 13.9. The number of H-pyrrole nitrogens is 2. The number of aromatic nitrogens is 4. The van der Waals surface area contributed by atoms with E-state index in [9.17, 15) is 19.2 Å². The highest BCUT2D eigenvalue weighted by molar-refractivity contribution is 6.31. The number of hydrogen-bond donors (Lipinski definition) is 6. The van der Waals surface area contributed by atoms with Crippen LogP contribution in [-0.4, -0.2) is 43.0 Å². The number of nitrogens with zero attached hydrogens (tertiary/aromatic N) is 4.